The van der Waals surface area contributed by atoms with Gasteiger partial charge in [0.1, 0.15) is 5.76 Å². The third-order valence-corrected chi connectivity index (χ3v) is 9.15. The van der Waals surface area contributed by atoms with E-state index in [0.29, 0.717) is 0 Å². The standard InChI is InChI=1S/C41H28N2O/c1-25-39(26(2)44-42-25)41-33-18-10-8-16-31(33)40(32-17-9-11-19-34(32)41)29-20-21-37-35(23-29)36-22-27-12-6-7-13-28(27)24-38(36)43(37)30-14-4-3-5-15-30/h3-24H,1-2H3. The van der Waals surface area contributed by atoms with Crippen molar-refractivity contribution in [3.05, 3.63) is 145 Å². The molecule has 0 N–H and O–H groups in total. The number of aryl methyl sites for hydroxylation is 2. The van der Waals surface area contributed by atoms with Crippen LogP contribution < -0.4 is 0 Å². The van der Waals surface area contributed by atoms with Gasteiger partial charge in [0.05, 0.1) is 16.7 Å². The molecule has 0 aliphatic rings. The zero-order chi connectivity index (χ0) is 29.4. The van der Waals surface area contributed by atoms with Crippen LogP contribution in [-0.2, 0) is 0 Å². The van der Waals surface area contributed by atoms with Gasteiger partial charge in [0.25, 0.3) is 0 Å². The Labute approximate surface area is 254 Å². The minimum absolute atomic E-state index is 0.841. The molecule has 3 heteroatoms. The van der Waals surface area contributed by atoms with Gasteiger partial charge >= 0.3 is 0 Å². The Balaban J connectivity index is 1.41. The molecule has 9 rings (SSSR count). The molecule has 9 aromatic rings. The number of rotatable bonds is 3. The second kappa shape index (κ2) is 9.42. The molecule has 3 nitrogen and oxygen atoms in total. The Morgan fingerprint density at radius 1 is 0.477 bits per heavy atom. The van der Waals surface area contributed by atoms with Crippen molar-refractivity contribution < 1.29 is 4.52 Å². The molecule has 44 heavy (non-hydrogen) atoms. The van der Waals surface area contributed by atoms with Crippen LogP contribution >= 0.6 is 0 Å². The fourth-order valence-corrected chi connectivity index (χ4v) is 7.26. The van der Waals surface area contributed by atoms with Crippen LogP contribution in [0.2, 0.25) is 0 Å². The largest absolute Gasteiger partial charge is 0.361 e. The highest BCUT2D eigenvalue weighted by Gasteiger charge is 2.22. The van der Waals surface area contributed by atoms with E-state index in [1.807, 2.05) is 13.8 Å². The summed E-state index contributed by atoms with van der Waals surface area (Å²) in [6.45, 7) is 4.04. The van der Waals surface area contributed by atoms with Crippen molar-refractivity contribution in [1.29, 1.82) is 0 Å². The van der Waals surface area contributed by atoms with Gasteiger partial charge in [0, 0.05) is 27.6 Å². The van der Waals surface area contributed by atoms with Crippen LogP contribution in [-0.4, -0.2) is 9.72 Å². The highest BCUT2D eigenvalue weighted by Crippen LogP contribution is 2.46. The predicted molar refractivity (Wildman–Crippen MR) is 184 cm³/mol. The zero-order valence-corrected chi connectivity index (χ0v) is 24.5. The fourth-order valence-electron chi connectivity index (χ4n) is 7.26. The van der Waals surface area contributed by atoms with Crippen molar-refractivity contribution >= 4 is 54.1 Å². The number of hydrogen-bond donors (Lipinski definition) is 0. The maximum Gasteiger partial charge on any atom is 0.141 e. The summed E-state index contributed by atoms with van der Waals surface area (Å²) in [5, 5.41) is 14.2. The minimum atomic E-state index is 0.841. The lowest BCUT2D eigenvalue weighted by Gasteiger charge is -2.17. The third kappa shape index (κ3) is 3.53. The van der Waals surface area contributed by atoms with E-state index in [-0.39, 0.29) is 0 Å². The SMILES string of the molecule is Cc1noc(C)c1-c1c2ccccc2c(-c2ccc3c(c2)c2cc4ccccc4cc2n3-c2ccccc2)c2ccccc12. The Morgan fingerprint density at radius 3 is 1.68 bits per heavy atom. The summed E-state index contributed by atoms with van der Waals surface area (Å²) in [5.41, 5.74) is 9.20. The van der Waals surface area contributed by atoms with E-state index in [9.17, 15) is 0 Å². The van der Waals surface area contributed by atoms with Gasteiger partial charge in [-0.3, -0.25) is 0 Å². The summed E-state index contributed by atoms with van der Waals surface area (Å²) in [5.74, 6) is 0.841. The lowest BCUT2D eigenvalue weighted by Crippen LogP contribution is -1.94. The van der Waals surface area contributed by atoms with Gasteiger partial charge < -0.3 is 9.09 Å². The van der Waals surface area contributed by atoms with Crippen LogP contribution in [0.3, 0.4) is 0 Å². The number of nitrogens with zero attached hydrogens (tertiary/aromatic N) is 2. The summed E-state index contributed by atoms with van der Waals surface area (Å²) >= 11 is 0. The minimum Gasteiger partial charge on any atom is -0.361 e. The second-order valence-electron chi connectivity index (χ2n) is 11.7. The third-order valence-electron chi connectivity index (χ3n) is 9.15. The van der Waals surface area contributed by atoms with Gasteiger partial charge in [-0.1, -0.05) is 102 Å². The van der Waals surface area contributed by atoms with E-state index in [0.717, 1.165) is 22.7 Å². The van der Waals surface area contributed by atoms with Gasteiger partial charge in [-0.2, -0.15) is 0 Å². The van der Waals surface area contributed by atoms with Crippen LogP contribution in [0.15, 0.2) is 138 Å². The summed E-state index contributed by atoms with van der Waals surface area (Å²) in [6.07, 6.45) is 0. The van der Waals surface area contributed by atoms with Crippen molar-refractivity contribution in [3.63, 3.8) is 0 Å². The van der Waals surface area contributed by atoms with Gasteiger partial charge in [-0.25, -0.2) is 0 Å². The van der Waals surface area contributed by atoms with Crippen molar-refractivity contribution in [1.82, 2.24) is 9.72 Å². The Bertz CT molecular complexity index is 2490. The van der Waals surface area contributed by atoms with Crippen LogP contribution in [0.25, 0.3) is 82.1 Å². The first-order chi connectivity index (χ1) is 21.7. The summed E-state index contributed by atoms with van der Waals surface area (Å²) in [4.78, 5) is 0. The van der Waals surface area contributed by atoms with Crippen LogP contribution in [0.4, 0.5) is 0 Å². The number of aromatic nitrogens is 2. The van der Waals surface area contributed by atoms with Crippen LogP contribution in [0.1, 0.15) is 11.5 Å². The van der Waals surface area contributed by atoms with E-state index in [2.05, 4.69) is 143 Å². The highest BCUT2D eigenvalue weighted by molar-refractivity contribution is 6.23. The van der Waals surface area contributed by atoms with E-state index < -0.39 is 0 Å². The van der Waals surface area contributed by atoms with Crippen molar-refractivity contribution in [2.45, 2.75) is 13.8 Å². The smallest absolute Gasteiger partial charge is 0.141 e. The van der Waals surface area contributed by atoms with Gasteiger partial charge in [0.2, 0.25) is 0 Å². The van der Waals surface area contributed by atoms with E-state index in [1.165, 1.54) is 70.8 Å². The molecule has 2 heterocycles. The molecule has 0 aliphatic carbocycles. The average Bonchev–Trinajstić information content (AvgIpc) is 3.57. The predicted octanol–water partition coefficient (Wildman–Crippen LogP) is 11.2. The molecule has 0 amide bonds. The molecule has 0 fully saturated rings. The average molecular weight is 565 g/mol. The quantitative estimate of drug-likeness (QED) is 0.200. The monoisotopic (exact) mass is 564 g/mol. The molecule has 0 aliphatic heterocycles. The molecule has 2 aromatic heterocycles. The number of para-hydroxylation sites is 1. The van der Waals surface area contributed by atoms with Crippen molar-refractivity contribution in [2.75, 3.05) is 0 Å². The molecule has 0 saturated heterocycles. The maximum atomic E-state index is 5.67. The van der Waals surface area contributed by atoms with Gasteiger partial charge in [-0.15, -0.1) is 0 Å². The Hall–Kier alpha value is -5.67. The Morgan fingerprint density at radius 2 is 1.05 bits per heavy atom. The number of hydrogen-bond acceptors (Lipinski definition) is 2. The zero-order valence-electron chi connectivity index (χ0n) is 24.5. The van der Waals surface area contributed by atoms with E-state index >= 15 is 0 Å². The molecule has 7 aromatic carbocycles. The maximum absolute atomic E-state index is 5.67. The molecule has 0 radical (unpaired) electrons. The summed E-state index contributed by atoms with van der Waals surface area (Å²) in [7, 11) is 0. The highest BCUT2D eigenvalue weighted by atomic mass is 16.5. The second-order valence-corrected chi connectivity index (χ2v) is 11.7. The lowest BCUT2D eigenvalue weighted by atomic mass is 9.85. The molecule has 0 unspecified atom stereocenters. The van der Waals surface area contributed by atoms with Gasteiger partial charge in [-0.05, 0) is 93.7 Å². The number of fused-ring (bicyclic) bond motifs is 6. The topological polar surface area (TPSA) is 31.0 Å². The molecular formula is C41H28N2O. The summed E-state index contributed by atoms with van der Waals surface area (Å²) in [6, 6.07) is 48.5. The fraction of sp³-hybridized carbons (Fsp3) is 0.0488. The molecular weight excluding hydrogens is 536 g/mol. The van der Waals surface area contributed by atoms with Crippen molar-refractivity contribution in [2.24, 2.45) is 0 Å². The summed E-state index contributed by atoms with van der Waals surface area (Å²) < 4.78 is 8.07. The molecule has 0 saturated carbocycles. The van der Waals surface area contributed by atoms with E-state index in [1.54, 1.807) is 0 Å². The molecule has 0 spiro atoms. The lowest BCUT2D eigenvalue weighted by molar-refractivity contribution is 0.393. The molecule has 208 valence electrons. The first-order valence-corrected chi connectivity index (χ1v) is 15.1. The first kappa shape index (κ1) is 24.9. The first-order valence-electron chi connectivity index (χ1n) is 15.1. The number of benzene rings is 7. The van der Waals surface area contributed by atoms with Crippen LogP contribution in [0, 0.1) is 13.8 Å². The van der Waals surface area contributed by atoms with Gasteiger partial charge in [0.15, 0.2) is 0 Å². The normalized spacial score (nSPS) is 11.9. The molecule has 0 atom stereocenters. The van der Waals surface area contributed by atoms with Crippen molar-refractivity contribution in [3.8, 4) is 27.9 Å². The Kier molecular flexibility index (Phi) is 5.33. The van der Waals surface area contributed by atoms with Crippen LogP contribution in [0.5, 0.6) is 0 Å². The molecule has 0 bridgehead atoms. The van der Waals surface area contributed by atoms with E-state index in [4.69, 9.17) is 4.52 Å².